The Hall–Kier alpha value is -1.29. The lowest BCUT2D eigenvalue weighted by Gasteiger charge is -2.33. The molecule has 10 heteroatoms. The Morgan fingerprint density at radius 3 is 2.86 bits per heavy atom. The maximum Gasteiger partial charge on any atom is 0.323 e. The summed E-state index contributed by atoms with van der Waals surface area (Å²) in [5.41, 5.74) is 5.67. The van der Waals surface area contributed by atoms with Crippen LogP contribution in [0.5, 0.6) is 6.01 Å². The van der Waals surface area contributed by atoms with Crippen LogP contribution >= 0.6 is 11.8 Å². The summed E-state index contributed by atoms with van der Waals surface area (Å²) in [5.74, 6) is 1.57. The summed E-state index contributed by atoms with van der Waals surface area (Å²) in [4.78, 5) is 13.8. The fourth-order valence-corrected chi connectivity index (χ4v) is 4.73. The summed E-state index contributed by atoms with van der Waals surface area (Å²) in [7, 11) is -3.24. The van der Waals surface area contributed by atoms with Gasteiger partial charge in [0, 0.05) is 24.3 Å². The molecule has 0 aliphatic carbocycles. The van der Waals surface area contributed by atoms with Crippen LogP contribution in [0.15, 0.2) is 0 Å². The van der Waals surface area contributed by atoms with E-state index < -0.39 is 15.2 Å². The topological polar surface area (TPSA) is 111 Å². The molecule has 2 N–H and O–H groups in total. The number of hydrogen-bond acceptors (Lipinski definition) is 9. The predicted octanol–water partition coefficient (Wildman–Crippen LogP) is 0.167. The number of aromatic nitrogens is 3. The molecule has 118 valence electrons. The molecule has 0 spiro atoms. The van der Waals surface area contributed by atoms with Crippen molar-refractivity contribution in [2.24, 2.45) is 0 Å². The predicted molar refractivity (Wildman–Crippen MR) is 83.3 cm³/mol. The molecule has 2 rings (SSSR count). The maximum atomic E-state index is 11.9. The normalized spacial score (nSPS) is 19.5. The zero-order valence-corrected chi connectivity index (χ0v) is 13.7. The average Bonchev–Trinajstić information content (AvgIpc) is 2.43. The third kappa shape index (κ3) is 4.10. The fraction of sp³-hybridized carbons (Fsp3) is 0.727. The Kier molecular flexibility index (Phi) is 5.09. The first-order valence-electron chi connectivity index (χ1n) is 6.59. The summed E-state index contributed by atoms with van der Waals surface area (Å²) in [6.45, 7) is 2.97. The lowest BCUT2D eigenvalue weighted by molar-refractivity contribution is 0.292. The number of anilines is 2. The molecular weight excluding hydrogens is 314 g/mol. The molecule has 1 atom stereocenters. The van der Waals surface area contributed by atoms with Crippen LogP contribution in [0, 0.1) is 0 Å². The number of nitrogen functional groups attached to an aromatic ring is 1. The maximum absolute atomic E-state index is 11.9. The third-order valence-electron chi connectivity index (χ3n) is 2.89. The minimum Gasteiger partial charge on any atom is -0.463 e. The summed E-state index contributed by atoms with van der Waals surface area (Å²) < 4.78 is 29.2. The lowest BCUT2D eigenvalue weighted by Crippen LogP contribution is -2.47. The molecule has 1 aromatic rings. The van der Waals surface area contributed by atoms with Gasteiger partial charge in [0.15, 0.2) is 9.84 Å². The molecule has 0 bridgehead atoms. The van der Waals surface area contributed by atoms with Gasteiger partial charge in [0.25, 0.3) is 0 Å². The first-order chi connectivity index (χ1) is 9.91. The van der Waals surface area contributed by atoms with Crippen LogP contribution in [0.4, 0.5) is 11.9 Å². The smallest absolute Gasteiger partial charge is 0.323 e. The van der Waals surface area contributed by atoms with Crippen LogP contribution in [0.2, 0.25) is 0 Å². The second kappa shape index (κ2) is 6.65. The Morgan fingerprint density at radius 1 is 1.43 bits per heavy atom. The number of sulfone groups is 1. The van der Waals surface area contributed by atoms with Crippen molar-refractivity contribution in [2.75, 3.05) is 41.5 Å². The van der Waals surface area contributed by atoms with Gasteiger partial charge in [-0.2, -0.15) is 26.7 Å². The van der Waals surface area contributed by atoms with Crippen molar-refractivity contribution in [3.05, 3.63) is 0 Å². The molecule has 0 saturated carbocycles. The Balaban J connectivity index is 2.32. The van der Waals surface area contributed by atoms with E-state index in [0.29, 0.717) is 18.9 Å². The van der Waals surface area contributed by atoms with E-state index in [4.69, 9.17) is 10.5 Å². The second-order valence-electron chi connectivity index (χ2n) is 4.68. The molecule has 21 heavy (non-hydrogen) atoms. The number of hydrogen-bond donors (Lipinski definition) is 1. The van der Waals surface area contributed by atoms with Crippen molar-refractivity contribution in [1.82, 2.24) is 15.0 Å². The molecule has 0 aromatic carbocycles. The average molecular weight is 333 g/mol. The molecule has 8 nitrogen and oxygen atoms in total. The van der Waals surface area contributed by atoms with Gasteiger partial charge in [-0.05, 0) is 6.42 Å². The fourth-order valence-electron chi connectivity index (χ4n) is 1.91. The van der Waals surface area contributed by atoms with Gasteiger partial charge >= 0.3 is 6.01 Å². The molecule has 1 aliphatic heterocycles. The monoisotopic (exact) mass is 333 g/mol. The van der Waals surface area contributed by atoms with Gasteiger partial charge in [-0.15, -0.1) is 0 Å². The molecule has 1 fully saturated rings. The quantitative estimate of drug-likeness (QED) is 0.805. The van der Waals surface area contributed by atoms with E-state index in [-0.39, 0.29) is 17.9 Å². The number of thioether (sulfide) groups is 1. The summed E-state index contributed by atoms with van der Waals surface area (Å²) in [6.07, 6.45) is 2.03. The van der Waals surface area contributed by atoms with Gasteiger partial charge in [0.2, 0.25) is 11.9 Å². The second-order valence-corrected chi connectivity index (χ2v) is 8.03. The largest absolute Gasteiger partial charge is 0.463 e. The van der Waals surface area contributed by atoms with Gasteiger partial charge in [-0.3, -0.25) is 0 Å². The Bertz CT molecular complexity index is 596. The van der Waals surface area contributed by atoms with E-state index in [0.717, 1.165) is 12.2 Å². The number of nitrogens with zero attached hydrogens (tertiary/aromatic N) is 4. The highest BCUT2D eigenvalue weighted by atomic mass is 32.2. The summed E-state index contributed by atoms with van der Waals surface area (Å²) in [6, 6.07) is 0.129. The SMILES string of the molecule is CCCOc1nc(N)nc(N2CCSCC2S(C)(=O)=O)n1. The minimum absolute atomic E-state index is 0.0246. The van der Waals surface area contributed by atoms with Gasteiger partial charge in [0.05, 0.1) is 6.61 Å². The standard InChI is InChI=1S/C11H19N5O3S2/c1-3-5-19-11-14-9(12)13-10(15-11)16-4-6-20-7-8(16)21(2,17)18/h8H,3-7H2,1-2H3,(H2,12,13,14,15). The van der Waals surface area contributed by atoms with Crippen molar-refractivity contribution in [3.8, 4) is 6.01 Å². The van der Waals surface area contributed by atoms with Gasteiger partial charge in [-0.1, -0.05) is 6.92 Å². The van der Waals surface area contributed by atoms with E-state index >= 15 is 0 Å². The lowest BCUT2D eigenvalue weighted by atomic mass is 10.5. The van der Waals surface area contributed by atoms with Crippen LogP contribution < -0.4 is 15.4 Å². The van der Waals surface area contributed by atoms with Crippen LogP contribution in [-0.2, 0) is 9.84 Å². The van der Waals surface area contributed by atoms with Crippen molar-refractivity contribution in [3.63, 3.8) is 0 Å². The highest BCUT2D eigenvalue weighted by Crippen LogP contribution is 2.25. The number of rotatable bonds is 5. The van der Waals surface area contributed by atoms with Crippen LogP contribution in [0.3, 0.4) is 0 Å². The van der Waals surface area contributed by atoms with E-state index in [1.165, 1.54) is 6.26 Å². The third-order valence-corrected chi connectivity index (χ3v) is 5.53. The molecular formula is C11H19N5O3S2. The molecule has 0 radical (unpaired) electrons. The van der Waals surface area contributed by atoms with Crippen LogP contribution in [-0.4, -0.2) is 59.7 Å². The zero-order valence-electron chi connectivity index (χ0n) is 12.0. The summed E-state index contributed by atoms with van der Waals surface area (Å²) >= 11 is 1.60. The Morgan fingerprint density at radius 2 is 2.19 bits per heavy atom. The van der Waals surface area contributed by atoms with Gasteiger partial charge < -0.3 is 15.4 Å². The zero-order chi connectivity index (χ0) is 15.5. The van der Waals surface area contributed by atoms with E-state index in [1.807, 2.05) is 6.92 Å². The molecule has 1 saturated heterocycles. The van der Waals surface area contributed by atoms with Crippen molar-refractivity contribution in [2.45, 2.75) is 18.7 Å². The molecule has 0 amide bonds. The molecule has 2 heterocycles. The minimum atomic E-state index is -3.24. The van der Waals surface area contributed by atoms with Crippen LogP contribution in [0.25, 0.3) is 0 Å². The van der Waals surface area contributed by atoms with E-state index in [1.54, 1.807) is 16.7 Å². The first-order valence-corrected chi connectivity index (χ1v) is 9.70. The van der Waals surface area contributed by atoms with Gasteiger partial charge in [-0.25, -0.2) is 8.42 Å². The summed E-state index contributed by atoms with van der Waals surface area (Å²) in [5, 5.41) is -0.655. The van der Waals surface area contributed by atoms with E-state index in [2.05, 4.69) is 15.0 Å². The highest BCUT2D eigenvalue weighted by Gasteiger charge is 2.33. The van der Waals surface area contributed by atoms with E-state index in [9.17, 15) is 8.42 Å². The molecule has 1 unspecified atom stereocenters. The number of nitrogens with two attached hydrogens (primary N) is 1. The first kappa shape index (κ1) is 16.1. The van der Waals surface area contributed by atoms with Crippen LogP contribution in [0.1, 0.15) is 13.3 Å². The van der Waals surface area contributed by atoms with Crippen molar-refractivity contribution < 1.29 is 13.2 Å². The molecule has 1 aromatic heterocycles. The van der Waals surface area contributed by atoms with Crippen molar-refractivity contribution in [1.29, 1.82) is 0 Å². The highest BCUT2D eigenvalue weighted by molar-refractivity contribution is 8.01. The Labute approximate surface area is 128 Å². The van der Waals surface area contributed by atoms with Crippen molar-refractivity contribution >= 4 is 33.5 Å². The van der Waals surface area contributed by atoms with Gasteiger partial charge in [0.1, 0.15) is 5.37 Å². The number of ether oxygens (including phenoxy) is 1. The molecule has 1 aliphatic rings.